The molecule has 8 heteroatoms. The number of rotatable bonds is 6. The van der Waals surface area contributed by atoms with Gasteiger partial charge in [0.25, 0.3) is 5.91 Å². The smallest absolute Gasteiger partial charge is 0.337 e. The minimum atomic E-state index is -0.473. The molecule has 1 aromatic carbocycles. The molecular weight excluding hydrogens is 346 g/mol. The Labute approximate surface area is 155 Å². The van der Waals surface area contributed by atoms with E-state index in [4.69, 9.17) is 0 Å². The summed E-state index contributed by atoms with van der Waals surface area (Å²) in [5, 5.41) is 5.77. The Bertz CT molecular complexity index is 930. The van der Waals surface area contributed by atoms with E-state index in [1.807, 2.05) is 12.1 Å². The first-order chi connectivity index (χ1) is 13.2. The number of hydrogen-bond acceptors (Lipinski definition) is 7. The van der Waals surface area contributed by atoms with Crippen molar-refractivity contribution in [3.05, 3.63) is 77.9 Å². The highest BCUT2D eigenvalue weighted by molar-refractivity contribution is 6.04. The molecule has 136 valence electrons. The molecule has 0 saturated carbocycles. The summed E-state index contributed by atoms with van der Waals surface area (Å²) in [7, 11) is 1.30. The number of benzene rings is 1. The van der Waals surface area contributed by atoms with Crippen LogP contribution in [0.4, 0.5) is 11.6 Å². The fraction of sp³-hybridized carbons (Fsp3) is 0.105. The zero-order valence-corrected chi connectivity index (χ0v) is 14.5. The number of amides is 1. The molecule has 0 bridgehead atoms. The van der Waals surface area contributed by atoms with Gasteiger partial charge >= 0.3 is 5.97 Å². The Kier molecular flexibility index (Phi) is 5.68. The number of carbonyl (C=O) groups excluding carboxylic acids is 2. The molecule has 0 saturated heterocycles. The monoisotopic (exact) mass is 363 g/mol. The van der Waals surface area contributed by atoms with Crippen molar-refractivity contribution >= 4 is 23.5 Å². The fourth-order valence-electron chi connectivity index (χ4n) is 2.26. The minimum absolute atomic E-state index is 0.299. The number of carbonyl (C=O) groups is 2. The number of esters is 1. The summed E-state index contributed by atoms with van der Waals surface area (Å²) < 4.78 is 4.67. The number of methoxy groups -OCH3 is 1. The highest BCUT2D eigenvalue weighted by atomic mass is 16.5. The van der Waals surface area contributed by atoms with Crippen molar-refractivity contribution in [3.8, 4) is 0 Å². The topological polar surface area (TPSA) is 106 Å². The van der Waals surface area contributed by atoms with E-state index >= 15 is 0 Å². The number of ether oxygens (including phenoxy) is 1. The molecule has 2 aromatic heterocycles. The van der Waals surface area contributed by atoms with Gasteiger partial charge in [0.2, 0.25) is 5.95 Å². The molecule has 2 N–H and O–H groups in total. The second-order valence-electron chi connectivity index (χ2n) is 5.53. The van der Waals surface area contributed by atoms with Crippen LogP contribution < -0.4 is 10.6 Å². The second-order valence-corrected chi connectivity index (χ2v) is 5.53. The Morgan fingerprint density at radius 2 is 1.78 bits per heavy atom. The molecule has 0 unspecified atom stereocenters. The van der Waals surface area contributed by atoms with E-state index in [-0.39, 0.29) is 5.91 Å². The van der Waals surface area contributed by atoms with E-state index in [9.17, 15) is 9.59 Å². The van der Waals surface area contributed by atoms with E-state index in [0.717, 1.165) is 5.56 Å². The van der Waals surface area contributed by atoms with Gasteiger partial charge in [0.05, 0.1) is 18.2 Å². The van der Waals surface area contributed by atoms with Gasteiger partial charge in [0.1, 0.15) is 0 Å². The average Bonchev–Trinajstić information content (AvgIpc) is 2.73. The second kappa shape index (κ2) is 8.52. The SMILES string of the molecule is COC(=O)c1cccc(NC(=O)c2cnc(NCc3ccncc3)nc2)c1. The quantitative estimate of drug-likeness (QED) is 0.648. The number of aromatic nitrogens is 3. The largest absolute Gasteiger partial charge is 0.465 e. The third kappa shape index (κ3) is 4.85. The molecule has 0 aliphatic rings. The maximum atomic E-state index is 12.3. The summed E-state index contributed by atoms with van der Waals surface area (Å²) >= 11 is 0. The molecule has 2 heterocycles. The molecule has 0 aliphatic heterocycles. The summed E-state index contributed by atoms with van der Waals surface area (Å²) in [4.78, 5) is 36.1. The lowest BCUT2D eigenvalue weighted by atomic mass is 10.2. The van der Waals surface area contributed by atoms with Gasteiger partial charge in [-0.25, -0.2) is 14.8 Å². The summed E-state index contributed by atoms with van der Waals surface area (Å²) in [5.41, 5.74) is 2.17. The van der Waals surface area contributed by atoms with Gasteiger partial charge < -0.3 is 15.4 Å². The van der Waals surface area contributed by atoms with Crippen molar-refractivity contribution in [2.24, 2.45) is 0 Å². The van der Waals surface area contributed by atoms with Crippen LogP contribution in [0, 0.1) is 0 Å². The Balaban J connectivity index is 1.61. The van der Waals surface area contributed by atoms with Crippen LogP contribution in [0.15, 0.2) is 61.2 Å². The molecule has 0 spiro atoms. The number of hydrogen-bond donors (Lipinski definition) is 2. The first-order valence-electron chi connectivity index (χ1n) is 8.10. The molecule has 27 heavy (non-hydrogen) atoms. The predicted molar refractivity (Wildman–Crippen MR) is 99.3 cm³/mol. The van der Waals surface area contributed by atoms with Crippen LogP contribution in [-0.4, -0.2) is 33.9 Å². The van der Waals surface area contributed by atoms with E-state index in [2.05, 4.69) is 30.3 Å². The van der Waals surface area contributed by atoms with Gasteiger partial charge in [0, 0.05) is 37.0 Å². The van der Waals surface area contributed by atoms with Crippen LogP contribution in [0.5, 0.6) is 0 Å². The van der Waals surface area contributed by atoms with Crippen LogP contribution in [0.1, 0.15) is 26.3 Å². The molecule has 0 fully saturated rings. The maximum absolute atomic E-state index is 12.3. The average molecular weight is 363 g/mol. The molecule has 1 amide bonds. The van der Waals surface area contributed by atoms with Crippen LogP contribution >= 0.6 is 0 Å². The van der Waals surface area contributed by atoms with Gasteiger partial charge in [-0.2, -0.15) is 0 Å². The van der Waals surface area contributed by atoms with E-state index in [1.165, 1.54) is 25.6 Å². The lowest BCUT2D eigenvalue weighted by Crippen LogP contribution is -2.14. The molecule has 3 rings (SSSR count). The first-order valence-corrected chi connectivity index (χ1v) is 8.10. The minimum Gasteiger partial charge on any atom is -0.465 e. The number of pyridine rings is 1. The summed E-state index contributed by atoms with van der Waals surface area (Å²) in [5.74, 6) is -0.437. The van der Waals surface area contributed by atoms with Gasteiger partial charge in [-0.05, 0) is 35.9 Å². The van der Waals surface area contributed by atoms with Crippen molar-refractivity contribution in [3.63, 3.8) is 0 Å². The Morgan fingerprint density at radius 1 is 1.04 bits per heavy atom. The van der Waals surface area contributed by atoms with Gasteiger partial charge in [-0.15, -0.1) is 0 Å². The summed E-state index contributed by atoms with van der Waals surface area (Å²) in [6.07, 6.45) is 6.28. The van der Waals surface area contributed by atoms with Crippen molar-refractivity contribution in [1.82, 2.24) is 15.0 Å². The van der Waals surface area contributed by atoms with Crippen LogP contribution in [0.25, 0.3) is 0 Å². The first kappa shape index (κ1) is 18.0. The van der Waals surface area contributed by atoms with Crippen molar-refractivity contribution in [2.45, 2.75) is 6.54 Å². The standard InChI is InChI=1S/C19H17N5O3/c1-27-18(26)14-3-2-4-16(9-14)24-17(25)15-11-22-19(23-12-15)21-10-13-5-7-20-8-6-13/h2-9,11-12H,10H2,1H3,(H,24,25)(H,21,22,23). The maximum Gasteiger partial charge on any atom is 0.337 e. The predicted octanol–water partition coefficient (Wildman–Crippen LogP) is 2.52. The molecular formula is C19H17N5O3. The Morgan fingerprint density at radius 3 is 2.48 bits per heavy atom. The molecule has 0 aliphatic carbocycles. The van der Waals surface area contributed by atoms with E-state index in [0.29, 0.717) is 29.3 Å². The van der Waals surface area contributed by atoms with Gasteiger partial charge in [-0.1, -0.05) is 6.07 Å². The highest BCUT2D eigenvalue weighted by Gasteiger charge is 2.10. The van der Waals surface area contributed by atoms with E-state index in [1.54, 1.807) is 30.6 Å². The van der Waals surface area contributed by atoms with Gasteiger partial charge in [0.15, 0.2) is 0 Å². The molecule has 0 radical (unpaired) electrons. The van der Waals surface area contributed by atoms with Crippen LogP contribution in [0.2, 0.25) is 0 Å². The lowest BCUT2D eigenvalue weighted by Gasteiger charge is -2.08. The molecule has 3 aromatic rings. The zero-order valence-electron chi connectivity index (χ0n) is 14.5. The summed E-state index contributed by atoms with van der Waals surface area (Å²) in [6.45, 7) is 0.550. The van der Waals surface area contributed by atoms with Crippen molar-refractivity contribution in [1.29, 1.82) is 0 Å². The third-order valence-corrected chi connectivity index (χ3v) is 3.66. The normalized spacial score (nSPS) is 10.1. The Hall–Kier alpha value is -3.81. The lowest BCUT2D eigenvalue weighted by molar-refractivity contribution is 0.0600. The zero-order chi connectivity index (χ0) is 19.1. The number of nitrogens with zero attached hydrogens (tertiary/aromatic N) is 3. The number of anilines is 2. The third-order valence-electron chi connectivity index (χ3n) is 3.66. The fourth-order valence-corrected chi connectivity index (χ4v) is 2.26. The summed E-state index contributed by atoms with van der Waals surface area (Å²) in [6, 6.07) is 10.2. The van der Waals surface area contributed by atoms with Crippen LogP contribution in [0.3, 0.4) is 0 Å². The number of nitrogens with one attached hydrogen (secondary N) is 2. The van der Waals surface area contributed by atoms with E-state index < -0.39 is 5.97 Å². The molecule has 8 nitrogen and oxygen atoms in total. The molecule has 0 atom stereocenters. The van der Waals surface area contributed by atoms with Gasteiger partial charge in [-0.3, -0.25) is 9.78 Å². The van der Waals surface area contributed by atoms with Crippen molar-refractivity contribution < 1.29 is 14.3 Å². The van der Waals surface area contributed by atoms with Crippen LogP contribution in [-0.2, 0) is 11.3 Å². The van der Waals surface area contributed by atoms with Crippen molar-refractivity contribution in [2.75, 3.05) is 17.7 Å². The highest BCUT2D eigenvalue weighted by Crippen LogP contribution is 2.13.